The van der Waals surface area contributed by atoms with Crippen LogP contribution in [0.25, 0.3) is 0 Å². The van der Waals surface area contributed by atoms with Crippen LogP contribution < -0.4 is 5.32 Å². The molecule has 0 bridgehead atoms. The Morgan fingerprint density at radius 3 is 2.50 bits per heavy atom. The van der Waals surface area contributed by atoms with Crippen LogP contribution in [0.5, 0.6) is 0 Å². The lowest BCUT2D eigenvalue weighted by Gasteiger charge is -2.19. The van der Waals surface area contributed by atoms with E-state index < -0.39 is 0 Å². The van der Waals surface area contributed by atoms with Gasteiger partial charge >= 0.3 is 0 Å². The van der Waals surface area contributed by atoms with Gasteiger partial charge in [0.15, 0.2) is 0 Å². The van der Waals surface area contributed by atoms with Gasteiger partial charge in [-0.25, -0.2) is 0 Å². The van der Waals surface area contributed by atoms with E-state index in [1.807, 2.05) is 29.5 Å². The quantitative estimate of drug-likeness (QED) is 0.819. The van der Waals surface area contributed by atoms with Crippen molar-refractivity contribution in [3.63, 3.8) is 0 Å². The first-order valence-electron chi connectivity index (χ1n) is 6.14. The maximum atomic E-state index is 6.02. The molecule has 0 aliphatic carbocycles. The minimum absolute atomic E-state index is 0.293. The van der Waals surface area contributed by atoms with Crippen molar-refractivity contribution in [2.75, 3.05) is 0 Å². The van der Waals surface area contributed by atoms with Crippen molar-refractivity contribution in [2.24, 2.45) is 0 Å². The standard InChI is InChI=1S/C15H18ClNS/c1-10-7-8-15(18-10)12(3)17-11(2)13-5-4-6-14(16)9-13/h4-9,11-12,17H,1-3H3/t11-,12?/m1/s1. The highest BCUT2D eigenvalue weighted by atomic mass is 35.5. The van der Waals surface area contributed by atoms with Crippen LogP contribution in [0.4, 0.5) is 0 Å². The third kappa shape index (κ3) is 3.35. The van der Waals surface area contributed by atoms with Gasteiger partial charge in [-0.3, -0.25) is 0 Å². The van der Waals surface area contributed by atoms with Crippen LogP contribution in [0.3, 0.4) is 0 Å². The Morgan fingerprint density at radius 2 is 1.89 bits per heavy atom. The third-order valence-electron chi connectivity index (χ3n) is 3.04. The van der Waals surface area contributed by atoms with Crippen LogP contribution >= 0.6 is 22.9 Å². The van der Waals surface area contributed by atoms with E-state index in [0.717, 1.165) is 5.02 Å². The highest BCUT2D eigenvalue weighted by Crippen LogP contribution is 2.25. The predicted octanol–water partition coefficient (Wildman–Crippen LogP) is 5.12. The first-order chi connectivity index (χ1) is 8.56. The second kappa shape index (κ2) is 5.87. The van der Waals surface area contributed by atoms with E-state index in [0.29, 0.717) is 12.1 Å². The number of benzene rings is 1. The summed E-state index contributed by atoms with van der Waals surface area (Å²) in [7, 11) is 0. The van der Waals surface area contributed by atoms with Crippen LogP contribution in [0, 0.1) is 6.92 Å². The van der Waals surface area contributed by atoms with Crippen LogP contribution in [-0.2, 0) is 0 Å². The summed E-state index contributed by atoms with van der Waals surface area (Å²) >= 11 is 7.87. The zero-order chi connectivity index (χ0) is 13.1. The molecule has 0 spiro atoms. The number of nitrogens with one attached hydrogen (secondary N) is 1. The van der Waals surface area contributed by atoms with E-state index in [1.165, 1.54) is 15.3 Å². The molecule has 0 aliphatic rings. The first kappa shape index (κ1) is 13.6. The molecular weight excluding hydrogens is 262 g/mol. The molecule has 2 atom stereocenters. The Bertz CT molecular complexity index is 521. The Labute approximate surface area is 118 Å². The van der Waals surface area contributed by atoms with Gasteiger partial charge in [0, 0.05) is 26.9 Å². The van der Waals surface area contributed by atoms with E-state index in [-0.39, 0.29) is 0 Å². The molecule has 3 heteroatoms. The average molecular weight is 280 g/mol. The van der Waals surface area contributed by atoms with E-state index in [1.54, 1.807) is 0 Å². The molecule has 96 valence electrons. The van der Waals surface area contributed by atoms with E-state index in [9.17, 15) is 0 Å². The Hall–Kier alpha value is -0.830. The van der Waals surface area contributed by atoms with Crippen molar-refractivity contribution < 1.29 is 0 Å². The van der Waals surface area contributed by atoms with Gasteiger partial charge in [0.25, 0.3) is 0 Å². The first-order valence-corrected chi connectivity index (χ1v) is 7.33. The highest BCUT2D eigenvalue weighted by molar-refractivity contribution is 7.12. The fourth-order valence-corrected chi connectivity index (χ4v) is 3.10. The Morgan fingerprint density at radius 1 is 1.11 bits per heavy atom. The predicted molar refractivity (Wildman–Crippen MR) is 80.5 cm³/mol. The van der Waals surface area contributed by atoms with Crippen molar-refractivity contribution in [1.29, 1.82) is 0 Å². The summed E-state index contributed by atoms with van der Waals surface area (Å²) in [5, 5.41) is 4.40. The monoisotopic (exact) mass is 279 g/mol. The van der Waals surface area contributed by atoms with Crippen molar-refractivity contribution in [2.45, 2.75) is 32.9 Å². The molecule has 1 nitrogen and oxygen atoms in total. The summed E-state index contributed by atoms with van der Waals surface area (Å²) in [6, 6.07) is 13.0. The lowest BCUT2D eigenvalue weighted by molar-refractivity contribution is 0.500. The van der Waals surface area contributed by atoms with Crippen molar-refractivity contribution >= 4 is 22.9 Å². The van der Waals surface area contributed by atoms with Gasteiger partial charge in [0.05, 0.1) is 0 Å². The number of hydrogen-bond acceptors (Lipinski definition) is 2. The van der Waals surface area contributed by atoms with Gasteiger partial charge in [0.2, 0.25) is 0 Å². The summed E-state index contributed by atoms with van der Waals surface area (Å²) in [5.74, 6) is 0. The number of rotatable bonds is 4. The van der Waals surface area contributed by atoms with E-state index in [4.69, 9.17) is 11.6 Å². The number of thiophene rings is 1. The van der Waals surface area contributed by atoms with Crippen molar-refractivity contribution in [3.05, 3.63) is 56.7 Å². The van der Waals surface area contributed by atoms with Gasteiger partial charge in [-0.2, -0.15) is 0 Å². The summed E-state index contributed by atoms with van der Waals surface area (Å²) in [4.78, 5) is 2.73. The maximum Gasteiger partial charge on any atom is 0.0409 e. The zero-order valence-electron chi connectivity index (χ0n) is 10.9. The molecule has 1 aromatic heterocycles. The van der Waals surface area contributed by atoms with Crippen LogP contribution in [0.15, 0.2) is 36.4 Å². The maximum absolute atomic E-state index is 6.02. The smallest absolute Gasteiger partial charge is 0.0409 e. The third-order valence-corrected chi connectivity index (χ3v) is 4.46. The van der Waals surface area contributed by atoms with Crippen molar-refractivity contribution in [3.8, 4) is 0 Å². The molecule has 2 rings (SSSR count). The lowest BCUT2D eigenvalue weighted by atomic mass is 10.1. The second-order valence-corrected chi connectivity index (χ2v) is 6.37. The molecule has 18 heavy (non-hydrogen) atoms. The molecule has 1 N–H and O–H groups in total. The molecule has 0 amide bonds. The Kier molecular flexibility index (Phi) is 4.44. The second-order valence-electron chi connectivity index (χ2n) is 4.61. The normalized spacial score (nSPS) is 14.4. The van der Waals surface area contributed by atoms with Crippen LogP contribution in [0.1, 0.15) is 41.2 Å². The minimum atomic E-state index is 0.293. The molecule has 0 aliphatic heterocycles. The fourth-order valence-electron chi connectivity index (χ4n) is 2.02. The van der Waals surface area contributed by atoms with Crippen molar-refractivity contribution in [1.82, 2.24) is 5.32 Å². The van der Waals surface area contributed by atoms with Gasteiger partial charge < -0.3 is 5.32 Å². The number of hydrogen-bond donors (Lipinski definition) is 1. The molecule has 0 fully saturated rings. The molecule has 1 heterocycles. The largest absolute Gasteiger partial charge is 0.303 e. The van der Waals surface area contributed by atoms with Crippen LogP contribution in [0.2, 0.25) is 5.02 Å². The van der Waals surface area contributed by atoms with Gasteiger partial charge in [0.1, 0.15) is 0 Å². The molecule has 2 aromatic rings. The lowest BCUT2D eigenvalue weighted by Crippen LogP contribution is -2.21. The van der Waals surface area contributed by atoms with Gasteiger partial charge in [-0.15, -0.1) is 11.3 Å². The molecule has 0 saturated carbocycles. The number of halogens is 1. The topological polar surface area (TPSA) is 12.0 Å². The van der Waals surface area contributed by atoms with Gasteiger partial charge in [-0.1, -0.05) is 23.7 Å². The average Bonchev–Trinajstić information content (AvgIpc) is 2.76. The fraction of sp³-hybridized carbons (Fsp3) is 0.333. The summed E-state index contributed by atoms with van der Waals surface area (Å²) < 4.78 is 0. The molecular formula is C15H18ClNS. The molecule has 0 saturated heterocycles. The van der Waals surface area contributed by atoms with Crippen LogP contribution in [-0.4, -0.2) is 0 Å². The summed E-state index contributed by atoms with van der Waals surface area (Å²) in [5.41, 5.74) is 1.22. The van der Waals surface area contributed by atoms with E-state index in [2.05, 4.69) is 44.3 Å². The summed E-state index contributed by atoms with van der Waals surface area (Å²) in [6.45, 7) is 6.51. The highest BCUT2D eigenvalue weighted by Gasteiger charge is 2.12. The SMILES string of the molecule is Cc1ccc(C(C)N[C@H](C)c2cccc(Cl)c2)s1. The zero-order valence-corrected chi connectivity index (χ0v) is 12.5. The molecule has 1 unspecified atom stereocenters. The minimum Gasteiger partial charge on any atom is -0.303 e. The molecule has 0 radical (unpaired) electrons. The van der Waals surface area contributed by atoms with Gasteiger partial charge in [-0.05, 0) is 50.6 Å². The summed E-state index contributed by atoms with van der Waals surface area (Å²) in [6.07, 6.45) is 0. The molecule has 1 aromatic carbocycles. The number of aryl methyl sites for hydroxylation is 1. The van der Waals surface area contributed by atoms with E-state index >= 15 is 0 Å². The Balaban J connectivity index is 2.05.